The number of hydrogen-bond donors (Lipinski definition) is 0. The van der Waals surface area contributed by atoms with Gasteiger partial charge in [0.15, 0.2) is 0 Å². The Balaban J connectivity index is 0.000000140. The fourth-order valence-electron chi connectivity index (χ4n) is 5.22. The van der Waals surface area contributed by atoms with E-state index in [2.05, 4.69) is 139 Å². The summed E-state index contributed by atoms with van der Waals surface area (Å²) >= 11 is 0. The molecule has 0 saturated carbocycles. The van der Waals surface area contributed by atoms with Crippen molar-refractivity contribution in [2.24, 2.45) is 0 Å². The van der Waals surface area contributed by atoms with Crippen molar-refractivity contribution >= 4 is 32.6 Å². The highest BCUT2D eigenvalue weighted by Gasteiger charge is 2.11. The highest BCUT2D eigenvalue weighted by atomic mass is 16.5. The molecule has 2 heteroatoms. The number of benzene rings is 6. The molecule has 1 heterocycles. The van der Waals surface area contributed by atoms with Crippen LogP contribution in [0.15, 0.2) is 140 Å². The molecule has 0 spiro atoms. The van der Waals surface area contributed by atoms with Crippen LogP contribution in [0.2, 0.25) is 0 Å². The lowest BCUT2D eigenvalue weighted by molar-refractivity contribution is 0.417. The van der Waals surface area contributed by atoms with Gasteiger partial charge in [0.1, 0.15) is 5.75 Å². The minimum Gasteiger partial charge on any atom is -0.496 e. The molecule has 184 valence electrons. The van der Waals surface area contributed by atoms with E-state index < -0.39 is 0 Å². The van der Waals surface area contributed by atoms with Crippen LogP contribution < -0.4 is 4.74 Å². The maximum absolute atomic E-state index is 5.51. The summed E-state index contributed by atoms with van der Waals surface area (Å²) in [7, 11) is 1.72. The van der Waals surface area contributed by atoms with Gasteiger partial charge in [0.05, 0.1) is 18.1 Å². The van der Waals surface area contributed by atoms with Crippen molar-refractivity contribution in [3.05, 3.63) is 145 Å². The summed E-state index contributed by atoms with van der Waals surface area (Å²) in [5.41, 5.74) is 7.37. The Morgan fingerprint density at radius 2 is 1.05 bits per heavy atom. The number of aryl methyl sites for hydroxylation is 1. The number of rotatable bonds is 3. The first-order valence-electron chi connectivity index (χ1n) is 12.9. The first kappa shape index (κ1) is 23.6. The molecule has 0 saturated heterocycles. The van der Waals surface area contributed by atoms with Gasteiger partial charge in [0.2, 0.25) is 0 Å². The normalized spacial score (nSPS) is 10.9. The topological polar surface area (TPSA) is 14.2 Å². The SMILES string of the molecule is COc1ccc2ccccc2c1-c1ccccc1.Cc1ccc(-n2c3ccccc3c3ccccc32)cc1. The fourth-order valence-corrected chi connectivity index (χ4v) is 5.22. The van der Waals surface area contributed by atoms with Crippen molar-refractivity contribution < 1.29 is 4.74 Å². The first-order valence-corrected chi connectivity index (χ1v) is 12.9. The molecule has 0 aliphatic carbocycles. The van der Waals surface area contributed by atoms with Gasteiger partial charge in [0, 0.05) is 22.0 Å². The van der Waals surface area contributed by atoms with E-state index in [1.807, 2.05) is 12.1 Å². The monoisotopic (exact) mass is 491 g/mol. The zero-order chi connectivity index (χ0) is 25.9. The van der Waals surface area contributed by atoms with E-state index in [0.717, 1.165) is 11.3 Å². The van der Waals surface area contributed by atoms with Crippen LogP contribution in [0.5, 0.6) is 5.75 Å². The Labute approximate surface area is 223 Å². The van der Waals surface area contributed by atoms with Gasteiger partial charge in [-0.1, -0.05) is 115 Å². The minimum atomic E-state index is 0.917. The van der Waals surface area contributed by atoms with Gasteiger partial charge in [0.25, 0.3) is 0 Å². The Morgan fingerprint density at radius 3 is 1.68 bits per heavy atom. The summed E-state index contributed by atoms with van der Waals surface area (Å²) in [4.78, 5) is 0. The van der Waals surface area contributed by atoms with Crippen LogP contribution in [0.25, 0.3) is 49.4 Å². The Kier molecular flexibility index (Phi) is 6.37. The average molecular weight is 492 g/mol. The van der Waals surface area contributed by atoms with Crippen molar-refractivity contribution in [1.82, 2.24) is 4.57 Å². The molecule has 0 aliphatic heterocycles. The smallest absolute Gasteiger partial charge is 0.127 e. The Hall–Kier alpha value is -4.82. The molecule has 0 N–H and O–H groups in total. The van der Waals surface area contributed by atoms with Gasteiger partial charge in [-0.2, -0.15) is 0 Å². The van der Waals surface area contributed by atoms with Crippen molar-refractivity contribution in [3.63, 3.8) is 0 Å². The van der Waals surface area contributed by atoms with Crippen LogP contribution in [0.1, 0.15) is 5.56 Å². The van der Waals surface area contributed by atoms with E-state index in [9.17, 15) is 0 Å². The van der Waals surface area contributed by atoms with Gasteiger partial charge in [-0.25, -0.2) is 0 Å². The van der Waals surface area contributed by atoms with E-state index in [1.165, 1.54) is 49.4 Å². The maximum atomic E-state index is 5.51. The highest BCUT2D eigenvalue weighted by molar-refractivity contribution is 6.09. The first-order chi connectivity index (χ1) is 18.7. The Bertz CT molecular complexity index is 1790. The third kappa shape index (κ3) is 4.31. The van der Waals surface area contributed by atoms with Gasteiger partial charge >= 0.3 is 0 Å². The molecule has 7 rings (SSSR count). The summed E-state index contributed by atoms with van der Waals surface area (Å²) < 4.78 is 7.85. The van der Waals surface area contributed by atoms with Gasteiger partial charge < -0.3 is 9.30 Å². The summed E-state index contributed by atoms with van der Waals surface area (Å²) in [6, 6.07) is 48.8. The summed E-state index contributed by atoms with van der Waals surface area (Å²) in [6.45, 7) is 2.12. The molecule has 0 radical (unpaired) electrons. The second-order valence-electron chi connectivity index (χ2n) is 9.44. The number of para-hydroxylation sites is 2. The van der Waals surface area contributed by atoms with Gasteiger partial charge in [-0.05, 0) is 53.6 Å². The molecule has 0 unspecified atom stereocenters. The number of aromatic nitrogens is 1. The summed E-state index contributed by atoms with van der Waals surface area (Å²) in [5, 5.41) is 5.08. The number of nitrogens with zero attached hydrogens (tertiary/aromatic N) is 1. The Morgan fingerprint density at radius 1 is 0.500 bits per heavy atom. The molecule has 6 aromatic carbocycles. The largest absolute Gasteiger partial charge is 0.496 e. The van der Waals surface area contributed by atoms with Crippen molar-refractivity contribution in [2.45, 2.75) is 6.92 Å². The summed E-state index contributed by atoms with van der Waals surface area (Å²) in [5.74, 6) is 0.917. The zero-order valence-electron chi connectivity index (χ0n) is 21.6. The second-order valence-corrected chi connectivity index (χ2v) is 9.44. The minimum absolute atomic E-state index is 0.917. The number of ether oxygens (including phenoxy) is 1. The highest BCUT2D eigenvalue weighted by Crippen LogP contribution is 2.36. The summed E-state index contributed by atoms with van der Waals surface area (Å²) in [6.07, 6.45) is 0. The van der Waals surface area contributed by atoms with Crippen LogP contribution in [0.4, 0.5) is 0 Å². The zero-order valence-corrected chi connectivity index (χ0v) is 21.6. The number of fused-ring (bicyclic) bond motifs is 4. The molecule has 7 aromatic rings. The van der Waals surface area contributed by atoms with Crippen LogP contribution in [-0.4, -0.2) is 11.7 Å². The van der Waals surface area contributed by atoms with E-state index in [1.54, 1.807) is 7.11 Å². The molecular formula is C36H29NO. The van der Waals surface area contributed by atoms with Gasteiger partial charge in [-0.15, -0.1) is 0 Å². The molecule has 38 heavy (non-hydrogen) atoms. The van der Waals surface area contributed by atoms with E-state index >= 15 is 0 Å². The predicted molar refractivity (Wildman–Crippen MR) is 161 cm³/mol. The third-order valence-corrected chi connectivity index (χ3v) is 7.05. The molecule has 0 fully saturated rings. The molecule has 0 amide bonds. The predicted octanol–water partition coefficient (Wildman–Crippen LogP) is 9.61. The van der Waals surface area contributed by atoms with E-state index in [0.29, 0.717) is 0 Å². The third-order valence-electron chi connectivity index (χ3n) is 7.05. The lowest BCUT2D eigenvalue weighted by Gasteiger charge is -2.12. The molecule has 2 nitrogen and oxygen atoms in total. The van der Waals surface area contributed by atoms with Crippen molar-refractivity contribution in [2.75, 3.05) is 7.11 Å². The van der Waals surface area contributed by atoms with Crippen molar-refractivity contribution in [1.29, 1.82) is 0 Å². The number of methoxy groups -OCH3 is 1. The lowest BCUT2D eigenvalue weighted by atomic mass is 9.97. The second kappa shape index (κ2) is 10.3. The van der Waals surface area contributed by atoms with E-state index in [4.69, 9.17) is 4.74 Å². The standard InChI is InChI=1S/C19H15N.C17H14O/c1-14-10-12-15(13-11-14)20-18-8-4-2-6-16(18)17-7-3-5-9-19(17)20;1-18-16-12-11-13-7-5-6-10-15(13)17(16)14-8-3-2-4-9-14/h2-13H,1H3;2-12H,1H3. The molecule has 0 aliphatic rings. The maximum Gasteiger partial charge on any atom is 0.127 e. The van der Waals surface area contributed by atoms with Gasteiger partial charge in [-0.3, -0.25) is 0 Å². The fraction of sp³-hybridized carbons (Fsp3) is 0.0556. The molecular weight excluding hydrogens is 462 g/mol. The van der Waals surface area contributed by atoms with Crippen LogP contribution in [0.3, 0.4) is 0 Å². The van der Waals surface area contributed by atoms with Crippen LogP contribution in [0, 0.1) is 6.92 Å². The molecule has 0 atom stereocenters. The lowest BCUT2D eigenvalue weighted by Crippen LogP contribution is -1.93. The number of hydrogen-bond acceptors (Lipinski definition) is 1. The van der Waals surface area contributed by atoms with Crippen LogP contribution >= 0.6 is 0 Å². The van der Waals surface area contributed by atoms with E-state index in [-0.39, 0.29) is 0 Å². The van der Waals surface area contributed by atoms with Crippen molar-refractivity contribution in [3.8, 4) is 22.6 Å². The quantitative estimate of drug-likeness (QED) is 0.240. The van der Waals surface area contributed by atoms with Crippen LogP contribution in [-0.2, 0) is 0 Å². The molecule has 1 aromatic heterocycles. The average Bonchev–Trinajstić information content (AvgIpc) is 3.32. The molecule has 0 bridgehead atoms.